The van der Waals surface area contributed by atoms with Gasteiger partial charge in [-0.1, -0.05) is 18.2 Å². The van der Waals surface area contributed by atoms with Gasteiger partial charge in [-0.05, 0) is 18.6 Å². The number of nitrogens with zero attached hydrogens (tertiary/aromatic N) is 2. The summed E-state index contributed by atoms with van der Waals surface area (Å²) in [7, 11) is 0. The molecule has 4 nitrogen and oxygen atoms in total. The van der Waals surface area contributed by atoms with Gasteiger partial charge in [-0.2, -0.15) is 11.8 Å². The minimum atomic E-state index is 0.310. The minimum Gasteiger partial charge on any atom is -0.368 e. The van der Waals surface area contributed by atoms with Crippen molar-refractivity contribution in [2.75, 3.05) is 49.1 Å². The molecule has 0 bridgehead atoms. The Bertz CT molecular complexity index is 508. The number of carbonyl (C=O) groups is 1. The predicted octanol–water partition coefficient (Wildman–Crippen LogP) is 1.74. The lowest BCUT2D eigenvalue weighted by atomic mass is 10.1. The van der Waals surface area contributed by atoms with Gasteiger partial charge in [0.15, 0.2) is 0 Å². The van der Waals surface area contributed by atoms with Gasteiger partial charge in [0.25, 0.3) is 0 Å². The molecule has 2 saturated heterocycles. The Morgan fingerprint density at radius 3 is 2.73 bits per heavy atom. The molecule has 1 aromatic carbocycles. The SMILES string of the molecule is Cc1ccccc1N1CCN(C(=O)CC2CSCCN2)CC1. The van der Waals surface area contributed by atoms with Gasteiger partial charge in [0.05, 0.1) is 0 Å². The van der Waals surface area contributed by atoms with Crippen molar-refractivity contribution in [1.82, 2.24) is 10.2 Å². The third-order valence-electron chi connectivity index (χ3n) is 4.51. The van der Waals surface area contributed by atoms with Gasteiger partial charge >= 0.3 is 0 Å². The van der Waals surface area contributed by atoms with Crippen LogP contribution in [-0.4, -0.2) is 61.1 Å². The molecule has 1 unspecified atom stereocenters. The van der Waals surface area contributed by atoms with Gasteiger partial charge in [-0.25, -0.2) is 0 Å². The number of para-hydroxylation sites is 1. The molecule has 5 heteroatoms. The molecule has 2 heterocycles. The van der Waals surface area contributed by atoms with Crippen molar-refractivity contribution in [2.24, 2.45) is 0 Å². The average Bonchev–Trinajstić information content (AvgIpc) is 2.56. The molecule has 0 radical (unpaired) electrons. The van der Waals surface area contributed by atoms with Crippen LogP contribution < -0.4 is 10.2 Å². The van der Waals surface area contributed by atoms with Crippen LogP contribution in [0.25, 0.3) is 0 Å². The topological polar surface area (TPSA) is 35.6 Å². The lowest BCUT2D eigenvalue weighted by molar-refractivity contribution is -0.131. The lowest BCUT2D eigenvalue weighted by Gasteiger charge is -2.37. The molecule has 0 spiro atoms. The maximum atomic E-state index is 12.4. The van der Waals surface area contributed by atoms with Crippen molar-refractivity contribution in [1.29, 1.82) is 0 Å². The van der Waals surface area contributed by atoms with Crippen molar-refractivity contribution in [2.45, 2.75) is 19.4 Å². The Kier molecular flexibility index (Phi) is 5.26. The quantitative estimate of drug-likeness (QED) is 0.920. The first-order valence-corrected chi connectivity index (χ1v) is 9.29. The second kappa shape index (κ2) is 7.38. The van der Waals surface area contributed by atoms with E-state index in [1.807, 2.05) is 16.7 Å². The van der Waals surface area contributed by atoms with Gasteiger partial charge < -0.3 is 15.1 Å². The molecular formula is C17H25N3OS. The van der Waals surface area contributed by atoms with E-state index >= 15 is 0 Å². The fraction of sp³-hybridized carbons (Fsp3) is 0.588. The molecule has 1 atom stereocenters. The van der Waals surface area contributed by atoms with E-state index in [9.17, 15) is 4.79 Å². The van der Waals surface area contributed by atoms with Crippen LogP contribution in [0.15, 0.2) is 24.3 Å². The van der Waals surface area contributed by atoms with Gasteiger partial charge in [0.2, 0.25) is 5.91 Å². The first-order chi connectivity index (χ1) is 10.7. The van der Waals surface area contributed by atoms with Gasteiger partial charge in [-0.15, -0.1) is 0 Å². The number of amides is 1. The van der Waals surface area contributed by atoms with Gasteiger partial charge in [0, 0.05) is 62.4 Å². The number of hydrogen-bond acceptors (Lipinski definition) is 4. The van der Waals surface area contributed by atoms with E-state index in [0.29, 0.717) is 18.4 Å². The largest absolute Gasteiger partial charge is 0.368 e. The van der Waals surface area contributed by atoms with Crippen LogP contribution in [-0.2, 0) is 4.79 Å². The zero-order chi connectivity index (χ0) is 15.4. The third-order valence-corrected chi connectivity index (χ3v) is 5.64. The summed E-state index contributed by atoms with van der Waals surface area (Å²) >= 11 is 1.95. The third kappa shape index (κ3) is 3.76. The second-order valence-corrected chi connectivity index (χ2v) is 7.23. The van der Waals surface area contributed by atoms with Crippen LogP contribution in [0.4, 0.5) is 5.69 Å². The number of thioether (sulfide) groups is 1. The van der Waals surface area contributed by atoms with Crippen LogP contribution in [0.5, 0.6) is 0 Å². The lowest BCUT2D eigenvalue weighted by Crippen LogP contribution is -2.50. The summed E-state index contributed by atoms with van der Waals surface area (Å²) in [5.41, 5.74) is 2.62. The molecule has 3 rings (SSSR count). The number of piperazine rings is 1. The Hall–Kier alpha value is -1.20. The monoisotopic (exact) mass is 319 g/mol. The highest BCUT2D eigenvalue weighted by Gasteiger charge is 2.24. The van der Waals surface area contributed by atoms with E-state index in [4.69, 9.17) is 0 Å². The van der Waals surface area contributed by atoms with Gasteiger partial charge in [-0.3, -0.25) is 4.79 Å². The Labute approximate surface area is 137 Å². The molecule has 120 valence electrons. The molecule has 1 aromatic rings. The molecule has 0 aliphatic carbocycles. The molecule has 2 aliphatic heterocycles. The first-order valence-electron chi connectivity index (χ1n) is 8.13. The fourth-order valence-electron chi connectivity index (χ4n) is 3.21. The molecule has 2 fully saturated rings. The zero-order valence-corrected chi connectivity index (χ0v) is 14.1. The fourth-order valence-corrected chi connectivity index (χ4v) is 4.15. The van der Waals surface area contributed by atoms with Crippen molar-refractivity contribution >= 4 is 23.4 Å². The summed E-state index contributed by atoms with van der Waals surface area (Å²) in [5, 5.41) is 3.45. The van der Waals surface area contributed by atoms with Gasteiger partial charge in [0.1, 0.15) is 0 Å². The summed E-state index contributed by atoms with van der Waals surface area (Å²) in [5.74, 6) is 2.54. The van der Waals surface area contributed by atoms with Crippen molar-refractivity contribution in [3.8, 4) is 0 Å². The summed E-state index contributed by atoms with van der Waals surface area (Å²) in [6, 6.07) is 8.86. The van der Waals surface area contributed by atoms with Crippen LogP contribution in [0, 0.1) is 6.92 Å². The number of aryl methyl sites for hydroxylation is 1. The number of rotatable bonds is 3. The van der Waals surface area contributed by atoms with E-state index in [0.717, 1.165) is 38.5 Å². The van der Waals surface area contributed by atoms with E-state index in [1.165, 1.54) is 17.0 Å². The van der Waals surface area contributed by atoms with Crippen molar-refractivity contribution in [3.63, 3.8) is 0 Å². The molecular weight excluding hydrogens is 294 g/mol. The number of benzene rings is 1. The molecule has 2 aliphatic rings. The first kappa shape index (κ1) is 15.7. The summed E-state index contributed by atoms with van der Waals surface area (Å²) in [4.78, 5) is 16.9. The Morgan fingerprint density at radius 1 is 1.27 bits per heavy atom. The highest BCUT2D eigenvalue weighted by atomic mass is 32.2. The highest BCUT2D eigenvalue weighted by Crippen LogP contribution is 2.21. The number of carbonyl (C=O) groups excluding carboxylic acids is 1. The van der Waals surface area contributed by atoms with Crippen LogP contribution in [0.2, 0.25) is 0 Å². The summed E-state index contributed by atoms with van der Waals surface area (Å²) < 4.78 is 0. The number of anilines is 1. The van der Waals surface area contributed by atoms with E-state index < -0.39 is 0 Å². The molecule has 1 amide bonds. The zero-order valence-electron chi connectivity index (χ0n) is 13.3. The van der Waals surface area contributed by atoms with Crippen LogP contribution in [0.1, 0.15) is 12.0 Å². The maximum absolute atomic E-state index is 12.4. The normalized spacial score (nSPS) is 22.7. The molecule has 0 saturated carbocycles. The second-order valence-electron chi connectivity index (χ2n) is 6.08. The average molecular weight is 319 g/mol. The smallest absolute Gasteiger partial charge is 0.224 e. The van der Waals surface area contributed by atoms with E-state index in [1.54, 1.807) is 0 Å². The maximum Gasteiger partial charge on any atom is 0.224 e. The van der Waals surface area contributed by atoms with E-state index in [2.05, 4.69) is 41.4 Å². The number of nitrogens with one attached hydrogen (secondary N) is 1. The molecule has 22 heavy (non-hydrogen) atoms. The molecule has 0 aromatic heterocycles. The number of hydrogen-bond donors (Lipinski definition) is 1. The van der Waals surface area contributed by atoms with Crippen LogP contribution >= 0.6 is 11.8 Å². The summed E-state index contributed by atoms with van der Waals surface area (Å²) in [6.07, 6.45) is 0.650. The highest BCUT2D eigenvalue weighted by molar-refractivity contribution is 7.99. The summed E-state index contributed by atoms with van der Waals surface area (Å²) in [6.45, 7) is 6.73. The van der Waals surface area contributed by atoms with Crippen molar-refractivity contribution < 1.29 is 4.79 Å². The van der Waals surface area contributed by atoms with E-state index in [-0.39, 0.29) is 0 Å². The Balaban J connectivity index is 1.51. The standard InChI is InChI=1S/C17H25N3OS/c1-14-4-2-3-5-16(14)19-7-9-20(10-8-19)17(21)12-15-13-22-11-6-18-15/h2-5,15,18H,6-13H2,1H3. The minimum absolute atomic E-state index is 0.310. The molecule has 1 N–H and O–H groups in total. The Morgan fingerprint density at radius 2 is 2.05 bits per heavy atom. The van der Waals surface area contributed by atoms with Crippen molar-refractivity contribution in [3.05, 3.63) is 29.8 Å². The van der Waals surface area contributed by atoms with Crippen LogP contribution in [0.3, 0.4) is 0 Å². The predicted molar refractivity (Wildman–Crippen MR) is 93.7 cm³/mol.